The summed E-state index contributed by atoms with van der Waals surface area (Å²) in [6.07, 6.45) is 17.0. The third kappa shape index (κ3) is 3.63. The monoisotopic (exact) mass is 339 g/mol. The van der Waals surface area contributed by atoms with E-state index >= 15 is 0 Å². The molecule has 1 aromatic rings. The minimum atomic E-state index is 0.627. The Balaban J connectivity index is 1.38. The van der Waals surface area contributed by atoms with Gasteiger partial charge in [-0.05, 0) is 82.2 Å². The van der Waals surface area contributed by atoms with E-state index in [9.17, 15) is 0 Å². The Labute approximate surface area is 152 Å². The summed E-state index contributed by atoms with van der Waals surface area (Å²) >= 11 is 0. The Bertz CT molecular complexity index is 618. The lowest BCUT2D eigenvalue weighted by Gasteiger charge is -2.36. The van der Waals surface area contributed by atoms with Crippen LogP contribution in [0.4, 0.5) is 0 Å². The molecular weight excluding hydrogens is 306 g/mol. The van der Waals surface area contributed by atoms with Crippen LogP contribution in [-0.2, 0) is 19.4 Å². The highest BCUT2D eigenvalue weighted by Gasteiger charge is 2.23. The predicted molar refractivity (Wildman–Crippen MR) is 107 cm³/mol. The molecule has 3 aliphatic rings. The largest absolute Gasteiger partial charge is 0.341 e. The minimum absolute atomic E-state index is 0.627. The van der Waals surface area contributed by atoms with Crippen molar-refractivity contribution in [3.8, 4) is 0 Å². The maximum Gasteiger partial charge on any atom is 0.0443 e. The van der Waals surface area contributed by atoms with Crippen molar-refractivity contribution in [1.29, 1.82) is 0 Å². The van der Waals surface area contributed by atoms with Gasteiger partial charge in [0.2, 0.25) is 0 Å². The summed E-state index contributed by atoms with van der Waals surface area (Å²) in [6.45, 7) is 9.42. The van der Waals surface area contributed by atoms with E-state index in [1.165, 1.54) is 76.1 Å². The average molecular weight is 340 g/mol. The number of unbranched alkanes of at least 4 members (excludes halogenated alkanes) is 1. The van der Waals surface area contributed by atoms with Gasteiger partial charge in [-0.2, -0.15) is 0 Å². The van der Waals surface area contributed by atoms with E-state index in [1.807, 2.05) is 0 Å². The lowest BCUT2D eigenvalue weighted by molar-refractivity contribution is 0.170. The van der Waals surface area contributed by atoms with Crippen molar-refractivity contribution >= 4 is 12.2 Å². The Morgan fingerprint density at radius 3 is 2.04 bits per heavy atom. The molecule has 25 heavy (non-hydrogen) atoms. The van der Waals surface area contributed by atoms with Gasteiger partial charge in [0.05, 0.1) is 0 Å². The molecule has 2 atom stereocenters. The molecule has 1 fully saturated rings. The number of hydrogen-bond donors (Lipinski definition) is 1. The summed E-state index contributed by atoms with van der Waals surface area (Å²) in [7, 11) is 0. The molecule has 0 bridgehead atoms. The van der Waals surface area contributed by atoms with Crippen LogP contribution >= 0.6 is 0 Å². The zero-order valence-corrected chi connectivity index (χ0v) is 15.9. The Kier molecular flexibility index (Phi) is 5.14. The summed E-state index contributed by atoms with van der Waals surface area (Å²) in [5, 5.41) is 3.63. The van der Waals surface area contributed by atoms with Gasteiger partial charge in [-0.15, -0.1) is 0 Å². The normalized spacial score (nSPS) is 25.8. The van der Waals surface area contributed by atoms with E-state index in [2.05, 4.69) is 52.9 Å². The summed E-state index contributed by atoms with van der Waals surface area (Å²) in [5.41, 5.74) is 6.30. The Morgan fingerprint density at radius 1 is 0.880 bits per heavy atom. The molecule has 0 radical (unpaired) electrons. The number of fused-ring (bicyclic) bond motifs is 3. The summed E-state index contributed by atoms with van der Waals surface area (Å²) in [6, 6.07) is 1.25. The highest BCUT2D eigenvalue weighted by molar-refractivity contribution is 5.66. The molecule has 0 aromatic carbocycles. The molecule has 0 amide bonds. The van der Waals surface area contributed by atoms with E-state index in [-0.39, 0.29) is 0 Å². The molecule has 4 rings (SSSR count). The fraction of sp³-hybridized carbons (Fsp3) is 0.636. The quantitative estimate of drug-likeness (QED) is 0.822. The van der Waals surface area contributed by atoms with Gasteiger partial charge < -0.3 is 14.8 Å². The van der Waals surface area contributed by atoms with Crippen LogP contribution in [0, 0.1) is 0 Å². The molecule has 2 heterocycles. The highest BCUT2D eigenvalue weighted by Crippen LogP contribution is 2.33. The molecule has 2 aliphatic carbocycles. The van der Waals surface area contributed by atoms with Gasteiger partial charge in [0.1, 0.15) is 0 Å². The number of hydrogen-bond acceptors (Lipinski definition) is 2. The molecule has 136 valence electrons. The summed E-state index contributed by atoms with van der Waals surface area (Å²) < 4.78 is 2.61. The lowest BCUT2D eigenvalue weighted by atomic mass is 9.94. The fourth-order valence-corrected chi connectivity index (χ4v) is 5.02. The summed E-state index contributed by atoms with van der Waals surface area (Å²) in [4.78, 5) is 2.65. The van der Waals surface area contributed by atoms with Crippen molar-refractivity contribution in [3.63, 3.8) is 0 Å². The molecule has 1 aliphatic heterocycles. The van der Waals surface area contributed by atoms with Crippen LogP contribution in [0.15, 0.2) is 12.2 Å². The SMILES string of the molecule is CC1CN(CCCCn2c3c(c4c2C=CCC4)CCC=C3)CC(C)N1. The van der Waals surface area contributed by atoms with Gasteiger partial charge in [0.25, 0.3) is 0 Å². The maximum absolute atomic E-state index is 3.63. The van der Waals surface area contributed by atoms with Crippen molar-refractivity contribution < 1.29 is 0 Å². The first-order chi connectivity index (χ1) is 12.2. The fourth-order valence-electron chi connectivity index (χ4n) is 5.02. The van der Waals surface area contributed by atoms with Crippen LogP contribution in [0.25, 0.3) is 12.2 Å². The van der Waals surface area contributed by atoms with Crippen molar-refractivity contribution in [2.75, 3.05) is 19.6 Å². The molecular formula is C22H33N3. The number of piperazine rings is 1. The van der Waals surface area contributed by atoms with Crippen LogP contribution in [-0.4, -0.2) is 41.2 Å². The first-order valence-electron chi connectivity index (χ1n) is 10.3. The first-order valence-corrected chi connectivity index (χ1v) is 10.3. The average Bonchev–Trinajstić information content (AvgIpc) is 2.92. The van der Waals surface area contributed by atoms with Crippen LogP contribution in [0.5, 0.6) is 0 Å². The molecule has 3 heteroatoms. The third-order valence-electron chi connectivity index (χ3n) is 5.98. The van der Waals surface area contributed by atoms with Crippen molar-refractivity contribution in [2.24, 2.45) is 0 Å². The Hall–Kier alpha value is -1.32. The summed E-state index contributed by atoms with van der Waals surface area (Å²) in [5.74, 6) is 0. The number of aromatic nitrogens is 1. The number of allylic oxidation sites excluding steroid dienone is 2. The van der Waals surface area contributed by atoms with Gasteiger partial charge in [-0.3, -0.25) is 0 Å². The van der Waals surface area contributed by atoms with Crippen molar-refractivity contribution in [1.82, 2.24) is 14.8 Å². The molecule has 3 nitrogen and oxygen atoms in total. The number of nitrogens with one attached hydrogen (secondary N) is 1. The highest BCUT2D eigenvalue weighted by atomic mass is 15.2. The second-order valence-electron chi connectivity index (χ2n) is 8.20. The zero-order chi connectivity index (χ0) is 17.2. The van der Waals surface area contributed by atoms with E-state index < -0.39 is 0 Å². The van der Waals surface area contributed by atoms with Gasteiger partial charge in [-0.1, -0.05) is 12.2 Å². The second kappa shape index (κ2) is 7.51. The van der Waals surface area contributed by atoms with Crippen molar-refractivity contribution in [2.45, 2.75) is 71.0 Å². The Morgan fingerprint density at radius 2 is 1.44 bits per heavy atom. The molecule has 1 saturated heterocycles. The van der Waals surface area contributed by atoms with E-state index in [4.69, 9.17) is 0 Å². The van der Waals surface area contributed by atoms with Gasteiger partial charge in [0, 0.05) is 43.1 Å². The lowest BCUT2D eigenvalue weighted by Crippen LogP contribution is -2.54. The van der Waals surface area contributed by atoms with Crippen LogP contribution in [0.2, 0.25) is 0 Å². The van der Waals surface area contributed by atoms with Crippen LogP contribution in [0.1, 0.15) is 62.0 Å². The molecule has 0 saturated carbocycles. The molecule has 2 unspecified atom stereocenters. The standard InChI is InChI=1S/C22H33N3/c1-17-15-24(16-18(2)23-17)13-7-8-14-25-21-11-5-3-9-19(21)20-10-4-6-12-22(20)25/h5-6,11-12,17-18,23H,3-4,7-10,13-16H2,1-2H3. The minimum Gasteiger partial charge on any atom is -0.341 e. The van der Waals surface area contributed by atoms with Crippen LogP contribution < -0.4 is 5.32 Å². The molecule has 1 aromatic heterocycles. The smallest absolute Gasteiger partial charge is 0.0443 e. The molecule has 1 N–H and O–H groups in total. The zero-order valence-electron chi connectivity index (χ0n) is 15.9. The van der Waals surface area contributed by atoms with E-state index in [0.717, 1.165) is 0 Å². The first kappa shape index (κ1) is 17.1. The second-order valence-corrected chi connectivity index (χ2v) is 8.20. The van der Waals surface area contributed by atoms with Crippen LogP contribution in [0.3, 0.4) is 0 Å². The number of nitrogens with zero attached hydrogens (tertiary/aromatic N) is 2. The van der Waals surface area contributed by atoms with Gasteiger partial charge in [0.15, 0.2) is 0 Å². The van der Waals surface area contributed by atoms with Gasteiger partial charge in [-0.25, -0.2) is 0 Å². The van der Waals surface area contributed by atoms with Crippen molar-refractivity contribution in [3.05, 3.63) is 34.7 Å². The topological polar surface area (TPSA) is 20.2 Å². The van der Waals surface area contributed by atoms with Gasteiger partial charge >= 0.3 is 0 Å². The van der Waals surface area contributed by atoms with E-state index in [0.29, 0.717) is 12.1 Å². The predicted octanol–water partition coefficient (Wildman–Crippen LogP) is 3.87. The molecule has 0 spiro atoms. The van der Waals surface area contributed by atoms with E-state index in [1.54, 1.807) is 11.1 Å². The maximum atomic E-state index is 3.63. The number of rotatable bonds is 5. The third-order valence-corrected chi connectivity index (χ3v) is 5.98.